The Labute approximate surface area is 165 Å². The number of benzene rings is 3. The Morgan fingerprint density at radius 3 is 2.44 bits per heavy atom. The van der Waals surface area contributed by atoms with E-state index in [-0.39, 0.29) is 0 Å². The van der Waals surface area contributed by atoms with Gasteiger partial charge in [-0.05, 0) is 57.9 Å². The minimum atomic E-state index is 0.498. The molecule has 0 radical (unpaired) electrons. The summed E-state index contributed by atoms with van der Waals surface area (Å²) in [6, 6.07) is 21.4. The highest BCUT2D eigenvalue weighted by Crippen LogP contribution is 2.27. The molecule has 0 heterocycles. The first-order chi connectivity index (χ1) is 12.1. The van der Waals surface area contributed by atoms with Gasteiger partial charge in [0.05, 0.1) is 5.02 Å². The fraction of sp³-hybridized carbons (Fsp3) is 0.100. The summed E-state index contributed by atoms with van der Waals surface area (Å²) in [5, 5.41) is 4.77. The largest absolute Gasteiger partial charge is 0.489 e. The van der Waals surface area contributed by atoms with Gasteiger partial charge in [0.1, 0.15) is 12.4 Å². The molecule has 0 saturated heterocycles. The number of hydrogen-bond acceptors (Lipinski definition) is 2. The van der Waals surface area contributed by atoms with Crippen molar-refractivity contribution in [1.82, 2.24) is 0 Å². The molecule has 0 spiro atoms. The van der Waals surface area contributed by atoms with Crippen molar-refractivity contribution in [2.24, 2.45) is 0 Å². The molecule has 3 aromatic carbocycles. The zero-order chi connectivity index (χ0) is 17.6. The van der Waals surface area contributed by atoms with Crippen molar-refractivity contribution in [3.05, 3.63) is 92.4 Å². The molecular formula is C20H16BrCl2NO. The van der Waals surface area contributed by atoms with Crippen LogP contribution in [0.25, 0.3) is 0 Å². The summed E-state index contributed by atoms with van der Waals surface area (Å²) in [6.45, 7) is 1.15. The fourth-order valence-corrected chi connectivity index (χ4v) is 2.89. The molecular weight excluding hydrogens is 421 g/mol. The molecule has 2 nitrogen and oxygen atoms in total. The first-order valence-corrected chi connectivity index (χ1v) is 9.31. The predicted octanol–water partition coefficient (Wildman–Crippen LogP) is 6.95. The predicted molar refractivity (Wildman–Crippen MR) is 109 cm³/mol. The normalized spacial score (nSPS) is 10.5. The van der Waals surface area contributed by atoms with Gasteiger partial charge in [0.15, 0.2) is 0 Å². The van der Waals surface area contributed by atoms with E-state index in [0.717, 1.165) is 32.1 Å². The monoisotopic (exact) mass is 435 g/mol. The lowest BCUT2D eigenvalue weighted by Crippen LogP contribution is -2.03. The first-order valence-electron chi connectivity index (χ1n) is 7.76. The van der Waals surface area contributed by atoms with Crippen LogP contribution in [-0.4, -0.2) is 0 Å². The highest BCUT2D eigenvalue weighted by atomic mass is 79.9. The van der Waals surface area contributed by atoms with Crippen LogP contribution in [0.1, 0.15) is 11.1 Å². The summed E-state index contributed by atoms with van der Waals surface area (Å²) in [6.07, 6.45) is 0. The van der Waals surface area contributed by atoms with Crippen LogP contribution in [-0.2, 0) is 13.2 Å². The Morgan fingerprint density at radius 1 is 0.920 bits per heavy atom. The molecule has 0 aliphatic rings. The Balaban J connectivity index is 1.65. The maximum atomic E-state index is 6.13. The van der Waals surface area contributed by atoms with Gasteiger partial charge in [0.2, 0.25) is 0 Å². The number of hydrogen-bond donors (Lipinski definition) is 1. The second-order valence-corrected chi connectivity index (χ2v) is 7.20. The second-order valence-electron chi connectivity index (χ2n) is 5.51. The van der Waals surface area contributed by atoms with Gasteiger partial charge in [-0.1, -0.05) is 53.5 Å². The van der Waals surface area contributed by atoms with E-state index in [1.807, 2.05) is 66.7 Å². The molecule has 0 bridgehead atoms. The van der Waals surface area contributed by atoms with Gasteiger partial charge in [-0.3, -0.25) is 0 Å². The van der Waals surface area contributed by atoms with E-state index >= 15 is 0 Å². The van der Waals surface area contributed by atoms with E-state index < -0.39 is 0 Å². The topological polar surface area (TPSA) is 21.3 Å². The van der Waals surface area contributed by atoms with Crippen LogP contribution in [0.3, 0.4) is 0 Å². The average molecular weight is 437 g/mol. The van der Waals surface area contributed by atoms with Crippen LogP contribution in [0.5, 0.6) is 5.75 Å². The van der Waals surface area contributed by atoms with Crippen molar-refractivity contribution in [3.63, 3.8) is 0 Å². The molecule has 3 aromatic rings. The van der Waals surface area contributed by atoms with Crippen molar-refractivity contribution in [1.29, 1.82) is 0 Å². The highest BCUT2D eigenvalue weighted by Gasteiger charge is 2.05. The van der Waals surface area contributed by atoms with Gasteiger partial charge >= 0.3 is 0 Å². The third-order valence-corrected chi connectivity index (χ3v) is 5.17. The summed E-state index contributed by atoms with van der Waals surface area (Å²) in [4.78, 5) is 0. The summed E-state index contributed by atoms with van der Waals surface area (Å²) >= 11 is 15.4. The average Bonchev–Trinajstić information content (AvgIpc) is 2.63. The molecule has 3 rings (SSSR count). The lowest BCUT2D eigenvalue weighted by Gasteiger charge is -2.13. The maximum absolute atomic E-state index is 6.13. The summed E-state index contributed by atoms with van der Waals surface area (Å²) in [7, 11) is 0. The quantitative estimate of drug-likeness (QED) is 0.451. The summed E-state index contributed by atoms with van der Waals surface area (Å²) < 4.78 is 6.86. The van der Waals surface area contributed by atoms with Crippen LogP contribution in [0.2, 0.25) is 10.0 Å². The fourth-order valence-electron chi connectivity index (χ4n) is 2.34. The second kappa shape index (κ2) is 8.61. The number of ether oxygens (including phenoxy) is 1. The lowest BCUT2D eigenvalue weighted by molar-refractivity contribution is 0.303. The van der Waals surface area contributed by atoms with Gasteiger partial charge in [-0.25, -0.2) is 0 Å². The van der Waals surface area contributed by atoms with Gasteiger partial charge in [0, 0.05) is 27.3 Å². The minimum absolute atomic E-state index is 0.498. The Hall–Kier alpha value is -1.68. The number of rotatable bonds is 6. The zero-order valence-corrected chi connectivity index (χ0v) is 16.4. The van der Waals surface area contributed by atoms with E-state index in [2.05, 4.69) is 21.2 Å². The van der Waals surface area contributed by atoms with Gasteiger partial charge in [-0.2, -0.15) is 0 Å². The molecule has 0 aliphatic carbocycles. The van der Waals surface area contributed by atoms with Crippen LogP contribution < -0.4 is 10.1 Å². The molecule has 0 aromatic heterocycles. The van der Waals surface area contributed by atoms with Crippen molar-refractivity contribution in [2.45, 2.75) is 13.2 Å². The molecule has 0 saturated carbocycles. The molecule has 25 heavy (non-hydrogen) atoms. The van der Waals surface area contributed by atoms with Crippen molar-refractivity contribution in [2.75, 3.05) is 5.32 Å². The Bertz CT molecular complexity index is 853. The van der Waals surface area contributed by atoms with E-state index in [9.17, 15) is 0 Å². The molecule has 0 fully saturated rings. The molecule has 0 unspecified atom stereocenters. The first kappa shape index (κ1) is 18.1. The zero-order valence-electron chi connectivity index (χ0n) is 13.3. The van der Waals surface area contributed by atoms with E-state index in [1.54, 1.807) is 0 Å². The van der Waals surface area contributed by atoms with E-state index in [0.29, 0.717) is 18.2 Å². The van der Waals surface area contributed by atoms with Crippen molar-refractivity contribution in [3.8, 4) is 5.75 Å². The molecule has 1 N–H and O–H groups in total. The Kier molecular flexibility index (Phi) is 6.24. The summed E-state index contributed by atoms with van der Waals surface area (Å²) in [5.74, 6) is 0.855. The van der Waals surface area contributed by atoms with Crippen molar-refractivity contribution >= 4 is 44.8 Å². The van der Waals surface area contributed by atoms with Gasteiger partial charge < -0.3 is 10.1 Å². The standard InChI is InChI=1S/C20H16BrCl2NO/c21-18-10-9-17(11-19(18)23)24-12-15-3-1-2-4-20(15)25-13-14-5-7-16(22)8-6-14/h1-11,24H,12-13H2. The lowest BCUT2D eigenvalue weighted by atomic mass is 10.2. The Morgan fingerprint density at radius 2 is 1.68 bits per heavy atom. The van der Waals surface area contributed by atoms with Gasteiger partial charge in [0.25, 0.3) is 0 Å². The van der Waals surface area contributed by atoms with Crippen LogP contribution in [0.15, 0.2) is 71.2 Å². The van der Waals surface area contributed by atoms with E-state index in [1.165, 1.54) is 0 Å². The number of nitrogens with one attached hydrogen (secondary N) is 1. The molecule has 0 atom stereocenters. The van der Waals surface area contributed by atoms with Gasteiger partial charge in [-0.15, -0.1) is 0 Å². The van der Waals surface area contributed by atoms with Crippen LogP contribution >= 0.6 is 39.1 Å². The molecule has 128 valence electrons. The minimum Gasteiger partial charge on any atom is -0.489 e. The highest BCUT2D eigenvalue weighted by molar-refractivity contribution is 9.10. The third-order valence-electron chi connectivity index (χ3n) is 3.68. The third kappa shape index (κ3) is 5.15. The van der Waals surface area contributed by atoms with Crippen molar-refractivity contribution < 1.29 is 4.74 Å². The summed E-state index contributed by atoms with van der Waals surface area (Å²) in [5.41, 5.74) is 3.11. The number of anilines is 1. The van der Waals surface area contributed by atoms with Crippen LogP contribution in [0, 0.1) is 0 Å². The number of para-hydroxylation sites is 1. The molecule has 5 heteroatoms. The molecule has 0 amide bonds. The number of halogens is 3. The van der Waals surface area contributed by atoms with E-state index in [4.69, 9.17) is 27.9 Å². The smallest absolute Gasteiger partial charge is 0.124 e. The van der Waals surface area contributed by atoms with Crippen LogP contribution in [0.4, 0.5) is 5.69 Å². The molecule has 0 aliphatic heterocycles. The SMILES string of the molecule is Clc1ccc(COc2ccccc2CNc2ccc(Br)c(Cl)c2)cc1. The maximum Gasteiger partial charge on any atom is 0.124 e.